The molecule has 0 saturated carbocycles. The summed E-state index contributed by atoms with van der Waals surface area (Å²) in [5.41, 5.74) is 0. The minimum atomic E-state index is -0.833. The molecule has 0 spiro atoms. The summed E-state index contributed by atoms with van der Waals surface area (Å²) in [6.45, 7) is 6.41. The van der Waals surface area contributed by atoms with Gasteiger partial charge in [-0.3, -0.25) is 14.4 Å². The number of esters is 3. The van der Waals surface area contributed by atoms with Gasteiger partial charge in [0.05, 0.1) is 6.42 Å². The molecule has 1 unspecified atom stereocenters. The molecule has 0 bridgehead atoms. The van der Waals surface area contributed by atoms with Crippen LogP contribution in [0.15, 0.2) is 85.1 Å². The van der Waals surface area contributed by atoms with E-state index in [1.165, 1.54) is 167 Å². The highest BCUT2D eigenvalue weighted by atomic mass is 16.6. The van der Waals surface area contributed by atoms with Gasteiger partial charge in [-0.1, -0.05) is 266 Å². The molecule has 0 aliphatic heterocycles. The molecule has 0 rings (SSSR count). The molecule has 0 heterocycles. The predicted octanol–water partition coefficient (Wildman–Crippen LogP) is 20.3. The quantitative estimate of drug-likeness (QED) is 0.0261. The van der Waals surface area contributed by atoms with E-state index >= 15 is 0 Å². The van der Waals surface area contributed by atoms with E-state index in [0.717, 1.165) is 83.5 Å². The summed E-state index contributed by atoms with van der Waals surface area (Å²) in [5, 5.41) is 0. The van der Waals surface area contributed by atoms with E-state index in [1.54, 1.807) is 6.08 Å². The number of unbranched alkanes of at least 4 members (excludes halogenated alkanes) is 30. The first-order valence-electron chi connectivity index (χ1n) is 30.1. The summed E-state index contributed by atoms with van der Waals surface area (Å²) >= 11 is 0. The van der Waals surface area contributed by atoms with Gasteiger partial charge in [-0.15, -0.1) is 0 Å². The Morgan fingerprint density at radius 3 is 0.958 bits per heavy atom. The Balaban J connectivity index is 4.26. The van der Waals surface area contributed by atoms with Crippen LogP contribution in [0.25, 0.3) is 0 Å². The minimum Gasteiger partial charge on any atom is -0.462 e. The van der Waals surface area contributed by atoms with E-state index in [4.69, 9.17) is 14.2 Å². The van der Waals surface area contributed by atoms with Gasteiger partial charge in [0.25, 0.3) is 0 Å². The minimum absolute atomic E-state index is 0.0957. The first kappa shape index (κ1) is 67.6. The Labute approximate surface area is 439 Å². The zero-order chi connectivity index (χ0) is 51.4. The van der Waals surface area contributed by atoms with E-state index in [-0.39, 0.29) is 31.6 Å². The van der Waals surface area contributed by atoms with Crippen molar-refractivity contribution in [1.29, 1.82) is 0 Å². The second kappa shape index (κ2) is 59.2. The summed E-state index contributed by atoms with van der Waals surface area (Å²) in [6.07, 6.45) is 77.7. The summed E-state index contributed by atoms with van der Waals surface area (Å²) in [4.78, 5) is 38.0. The van der Waals surface area contributed by atoms with Crippen LogP contribution in [0.3, 0.4) is 0 Å². The normalized spacial score (nSPS) is 12.7. The van der Waals surface area contributed by atoms with Crippen molar-refractivity contribution < 1.29 is 28.6 Å². The van der Waals surface area contributed by atoms with Crippen molar-refractivity contribution in [2.45, 2.75) is 297 Å². The summed E-state index contributed by atoms with van der Waals surface area (Å²) in [6, 6.07) is 0. The zero-order valence-electron chi connectivity index (χ0n) is 46.7. The smallest absolute Gasteiger partial charge is 0.310 e. The molecule has 6 nitrogen and oxygen atoms in total. The summed E-state index contributed by atoms with van der Waals surface area (Å²) in [7, 11) is 0. The first-order chi connectivity index (χ1) is 35.0. The van der Waals surface area contributed by atoms with E-state index in [0.29, 0.717) is 12.8 Å². The maximum Gasteiger partial charge on any atom is 0.310 e. The molecule has 6 heteroatoms. The largest absolute Gasteiger partial charge is 0.462 e. The van der Waals surface area contributed by atoms with Crippen LogP contribution in [0, 0.1) is 0 Å². The lowest BCUT2D eigenvalue weighted by atomic mass is 10.0. The van der Waals surface area contributed by atoms with Crippen molar-refractivity contribution in [3.63, 3.8) is 0 Å². The Bertz CT molecular complexity index is 1370. The fourth-order valence-corrected chi connectivity index (χ4v) is 8.38. The Kier molecular flexibility index (Phi) is 56.3. The third kappa shape index (κ3) is 57.4. The molecule has 71 heavy (non-hydrogen) atoms. The van der Waals surface area contributed by atoms with Crippen LogP contribution >= 0.6 is 0 Å². The van der Waals surface area contributed by atoms with Crippen molar-refractivity contribution in [2.75, 3.05) is 13.2 Å². The lowest BCUT2D eigenvalue weighted by Gasteiger charge is -2.18. The SMILES string of the molecule is CC/C=C\C/C=C\C/C=C\C/C=C\C/C=C\CC(=O)OC(COC(=O)CCCCCCC/C=C\CCCC)COC(=O)CCCCCCCCCCCCCCCCC/C=C\CCCCCCCCCC. The molecule has 0 aromatic carbocycles. The first-order valence-corrected chi connectivity index (χ1v) is 30.1. The zero-order valence-corrected chi connectivity index (χ0v) is 46.7. The highest BCUT2D eigenvalue weighted by Crippen LogP contribution is 2.16. The number of rotatable bonds is 54. The summed E-state index contributed by atoms with van der Waals surface area (Å²) < 4.78 is 16.7. The molecular formula is C65H112O6. The van der Waals surface area contributed by atoms with Gasteiger partial charge >= 0.3 is 17.9 Å². The monoisotopic (exact) mass is 989 g/mol. The molecule has 0 aromatic heterocycles. The van der Waals surface area contributed by atoms with Gasteiger partial charge in [0.15, 0.2) is 6.10 Å². The van der Waals surface area contributed by atoms with Crippen molar-refractivity contribution in [2.24, 2.45) is 0 Å². The molecule has 0 amide bonds. The molecule has 0 saturated heterocycles. The summed E-state index contributed by atoms with van der Waals surface area (Å²) in [5.74, 6) is -1.05. The van der Waals surface area contributed by atoms with Crippen LogP contribution in [-0.2, 0) is 28.6 Å². The van der Waals surface area contributed by atoms with E-state index < -0.39 is 12.1 Å². The topological polar surface area (TPSA) is 78.9 Å². The van der Waals surface area contributed by atoms with Gasteiger partial charge < -0.3 is 14.2 Å². The molecule has 0 aromatic rings. The lowest BCUT2D eigenvalue weighted by molar-refractivity contribution is -0.166. The van der Waals surface area contributed by atoms with Crippen molar-refractivity contribution in [3.05, 3.63) is 85.1 Å². The second-order valence-electron chi connectivity index (χ2n) is 19.9. The number of hydrogen-bond donors (Lipinski definition) is 0. The predicted molar refractivity (Wildman–Crippen MR) is 307 cm³/mol. The van der Waals surface area contributed by atoms with Crippen LogP contribution < -0.4 is 0 Å². The second-order valence-corrected chi connectivity index (χ2v) is 19.9. The number of carbonyl (C=O) groups excluding carboxylic acids is 3. The van der Waals surface area contributed by atoms with Crippen LogP contribution in [0.5, 0.6) is 0 Å². The molecule has 0 fully saturated rings. The molecule has 0 radical (unpaired) electrons. The Hall–Kier alpha value is -3.41. The van der Waals surface area contributed by atoms with E-state index in [1.807, 2.05) is 6.08 Å². The number of allylic oxidation sites excluding steroid dienone is 13. The van der Waals surface area contributed by atoms with Crippen LogP contribution in [0.1, 0.15) is 290 Å². The standard InChI is InChI=1S/C65H112O6/c1-4-7-10-13-16-19-22-24-26-27-28-29-30-31-32-33-34-35-36-37-39-40-43-46-49-52-55-58-64(67)70-61-62(60-69-63(66)57-54-51-48-45-42-21-18-15-12-9-6-3)71-65(68)59-56-53-50-47-44-41-38-25-23-20-17-14-11-8-5-2/h8,11,15,17-18,20,25,27-28,38,44,47,53,56,62H,4-7,9-10,12-14,16,19,21-24,26,29-37,39-43,45-46,48-52,54-55,57-61H2,1-3H3/b11-8-,18-15-,20-17-,28-27-,38-25-,47-44-,56-53-. The van der Waals surface area contributed by atoms with Crippen molar-refractivity contribution in [1.82, 2.24) is 0 Å². The number of hydrogen-bond acceptors (Lipinski definition) is 6. The third-order valence-electron chi connectivity index (χ3n) is 12.9. The van der Waals surface area contributed by atoms with Gasteiger partial charge in [-0.25, -0.2) is 0 Å². The van der Waals surface area contributed by atoms with Crippen LogP contribution in [0.2, 0.25) is 0 Å². The van der Waals surface area contributed by atoms with Crippen molar-refractivity contribution >= 4 is 17.9 Å². The molecule has 1 atom stereocenters. The number of carbonyl (C=O) groups is 3. The molecule has 0 aliphatic rings. The highest BCUT2D eigenvalue weighted by Gasteiger charge is 2.19. The van der Waals surface area contributed by atoms with Crippen LogP contribution in [-0.4, -0.2) is 37.2 Å². The van der Waals surface area contributed by atoms with Gasteiger partial charge in [0, 0.05) is 12.8 Å². The van der Waals surface area contributed by atoms with Gasteiger partial charge in [-0.2, -0.15) is 0 Å². The molecule has 0 N–H and O–H groups in total. The molecular weight excluding hydrogens is 877 g/mol. The molecule has 408 valence electrons. The lowest BCUT2D eigenvalue weighted by Crippen LogP contribution is -2.30. The number of ether oxygens (including phenoxy) is 3. The maximum atomic E-state index is 12.8. The third-order valence-corrected chi connectivity index (χ3v) is 12.9. The van der Waals surface area contributed by atoms with Crippen LogP contribution in [0.4, 0.5) is 0 Å². The molecule has 0 aliphatic carbocycles. The van der Waals surface area contributed by atoms with Gasteiger partial charge in [-0.05, 0) is 89.9 Å². The Morgan fingerprint density at radius 2 is 0.606 bits per heavy atom. The van der Waals surface area contributed by atoms with Gasteiger partial charge in [0.2, 0.25) is 0 Å². The fourth-order valence-electron chi connectivity index (χ4n) is 8.38. The Morgan fingerprint density at radius 1 is 0.310 bits per heavy atom. The van der Waals surface area contributed by atoms with E-state index in [2.05, 4.69) is 93.7 Å². The average molecular weight is 990 g/mol. The average Bonchev–Trinajstić information content (AvgIpc) is 3.37. The van der Waals surface area contributed by atoms with Crippen molar-refractivity contribution in [3.8, 4) is 0 Å². The maximum absolute atomic E-state index is 12.8. The van der Waals surface area contributed by atoms with Gasteiger partial charge in [0.1, 0.15) is 13.2 Å². The van der Waals surface area contributed by atoms with E-state index in [9.17, 15) is 14.4 Å². The highest BCUT2D eigenvalue weighted by molar-refractivity contribution is 5.72. The fraction of sp³-hybridized carbons (Fsp3) is 0.738.